The molecule has 0 aliphatic heterocycles. The van der Waals surface area contributed by atoms with Gasteiger partial charge < -0.3 is 10.4 Å². The van der Waals surface area contributed by atoms with Crippen molar-refractivity contribution in [2.75, 3.05) is 0 Å². The number of carbonyl (C=O) groups excluding carboxylic acids is 1. The Bertz CT molecular complexity index is 625. The van der Waals surface area contributed by atoms with E-state index in [2.05, 4.69) is 16.8 Å². The van der Waals surface area contributed by atoms with E-state index >= 15 is 0 Å². The average Bonchev–Trinajstić information content (AvgIpc) is 3.08. The highest BCUT2D eigenvalue weighted by molar-refractivity contribution is 7.09. The van der Waals surface area contributed by atoms with Gasteiger partial charge in [0, 0.05) is 17.7 Å². The lowest BCUT2D eigenvalue weighted by Gasteiger charge is -2.14. The first-order valence-electron chi connectivity index (χ1n) is 8.23. The number of amides is 1. The molecule has 0 saturated carbocycles. The number of carboxylic acids is 1. The van der Waals surface area contributed by atoms with Crippen LogP contribution < -0.4 is 5.32 Å². The number of nitrogens with one attached hydrogen (secondary N) is 1. The van der Waals surface area contributed by atoms with Gasteiger partial charge in [-0.05, 0) is 36.3 Å². The van der Waals surface area contributed by atoms with Crippen LogP contribution in [0.1, 0.15) is 36.1 Å². The Morgan fingerprint density at radius 2 is 1.83 bits per heavy atom. The summed E-state index contributed by atoms with van der Waals surface area (Å²) in [5, 5.41) is 14.0. The Balaban J connectivity index is 1.67. The van der Waals surface area contributed by atoms with Crippen molar-refractivity contribution < 1.29 is 14.7 Å². The van der Waals surface area contributed by atoms with E-state index in [9.17, 15) is 14.7 Å². The zero-order valence-corrected chi connectivity index (χ0v) is 14.4. The van der Waals surface area contributed by atoms with Gasteiger partial charge in [-0.15, -0.1) is 11.3 Å². The summed E-state index contributed by atoms with van der Waals surface area (Å²) in [7, 11) is 0. The maximum atomic E-state index is 12.0. The van der Waals surface area contributed by atoms with Crippen LogP contribution in [0.15, 0.2) is 47.8 Å². The Kier molecular flexibility index (Phi) is 7.49. The maximum Gasteiger partial charge on any atom is 0.326 e. The van der Waals surface area contributed by atoms with Gasteiger partial charge in [-0.1, -0.05) is 42.8 Å². The summed E-state index contributed by atoms with van der Waals surface area (Å²) >= 11 is 1.76. The number of aryl methyl sites for hydroxylation is 1. The number of hydrogen-bond acceptors (Lipinski definition) is 3. The van der Waals surface area contributed by atoms with Gasteiger partial charge in [0.05, 0.1) is 0 Å². The van der Waals surface area contributed by atoms with Gasteiger partial charge in [-0.3, -0.25) is 4.79 Å². The van der Waals surface area contributed by atoms with Crippen LogP contribution in [-0.4, -0.2) is 23.0 Å². The molecule has 1 unspecified atom stereocenters. The lowest BCUT2D eigenvalue weighted by molar-refractivity contribution is -0.141. The zero-order chi connectivity index (χ0) is 17.2. The predicted molar refractivity (Wildman–Crippen MR) is 96.2 cm³/mol. The van der Waals surface area contributed by atoms with Gasteiger partial charge in [0.2, 0.25) is 5.91 Å². The van der Waals surface area contributed by atoms with Crippen LogP contribution in [-0.2, 0) is 22.4 Å². The summed E-state index contributed by atoms with van der Waals surface area (Å²) in [5.41, 5.74) is 0.904. The van der Waals surface area contributed by atoms with Crippen molar-refractivity contribution in [1.29, 1.82) is 0 Å². The van der Waals surface area contributed by atoms with E-state index < -0.39 is 12.0 Å². The van der Waals surface area contributed by atoms with E-state index in [4.69, 9.17) is 0 Å². The number of benzene rings is 1. The Labute approximate surface area is 146 Å². The van der Waals surface area contributed by atoms with E-state index in [1.807, 2.05) is 36.4 Å². The molecular formula is C19H23NO3S. The van der Waals surface area contributed by atoms with Crippen LogP contribution in [0.25, 0.3) is 0 Å². The first kappa shape index (κ1) is 18.2. The van der Waals surface area contributed by atoms with Gasteiger partial charge in [0.25, 0.3) is 0 Å². The molecule has 0 bridgehead atoms. The minimum atomic E-state index is -0.995. The number of carboxylic acid groups (broad SMARTS) is 1. The second kappa shape index (κ2) is 9.88. The first-order valence-corrected chi connectivity index (χ1v) is 9.11. The van der Waals surface area contributed by atoms with E-state index in [1.54, 1.807) is 11.3 Å². The summed E-state index contributed by atoms with van der Waals surface area (Å²) < 4.78 is 0. The molecule has 2 aromatic rings. The molecule has 1 heterocycles. The Morgan fingerprint density at radius 1 is 1.04 bits per heavy atom. The molecule has 0 aliphatic carbocycles. The van der Waals surface area contributed by atoms with Crippen molar-refractivity contribution in [3.05, 3.63) is 58.3 Å². The monoisotopic (exact) mass is 345 g/mol. The fourth-order valence-electron chi connectivity index (χ4n) is 2.53. The number of rotatable bonds is 10. The summed E-state index contributed by atoms with van der Waals surface area (Å²) in [6.07, 6.45) is 4.55. The highest BCUT2D eigenvalue weighted by Crippen LogP contribution is 2.13. The van der Waals surface area contributed by atoms with Crippen molar-refractivity contribution in [3.63, 3.8) is 0 Å². The van der Waals surface area contributed by atoms with Gasteiger partial charge in [0.1, 0.15) is 6.04 Å². The van der Waals surface area contributed by atoms with Crippen LogP contribution in [0.2, 0.25) is 0 Å². The molecule has 1 aromatic heterocycles. The summed E-state index contributed by atoms with van der Waals surface area (Å²) in [5.74, 6) is -1.18. The number of thiophene rings is 1. The van der Waals surface area contributed by atoms with Crippen LogP contribution in [0.3, 0.4) is 0 Å². The summed E-state index contributed by atoms with van der Waals surface area (Å²) in [6.45, 7) is 0. The molecule has 24 heavy (non-hydrogen) atoms. The lowest BCUT2D eigenvalue weighted by atomic mass is 10.1. The number of aliphatic carboxylic acids is 1. The van der Waals surface area contributed by atoms with E-state index in [0.29, 0.717) is 12.8 Å². The highest BCUT2D eigenvalue weighted by atomic mass is 32.1. The van der Waals surface area contributed by atoms with Crippen molar-refractivity contribution >= 4 is 23.2 Å². The summed E-state index contributed by atoms with van der Waals surface area (Å²) in [4.78, 5) is 24.7. The van der Waals surface area contributed by atoms with E-state index in [-0.39, 0.29) is 5.91 Å². The number of unbranched alkanes of at least 4 members (excludes halogenated alkanes) is 2. The second-order valence-corrected chi connectivity index (χ2v) is 6.82. The molecule has 0 saturated heterocycles. The van der Waals surface area contributed by atoms with Crippen LogP contribution in [0.4, 0.5) is 0 Å². The molecule has 0 fully saturated rings. The van der Waals surface area contributed by atoms with Crippen molar-refractivity contribution in [2.45, 2.75) is 44.6 Å². The van der Waals surface area contributed by atoms with Gasteiger partial charge in [0.15, 0.2) is 0 Å². The maximum absolute atomic E-state index is 12.0. The minimum absolute atomic E-state index is 0.186. The highest BCUT2D eigenvalue weighted by Gasteiger charge is 2.19. The standard InChI is InChI=1S/C19H23NO3S/c21-18(12-6-2-5-10-16-11-7-13-24-16)20-17(19(22)23)14-15-8-3-1-4-9-15/h1,3-4,7-9,11,13,17H,2,5-6,10,12,14H2,(H,20,21)(H,22,23). The Morgan fingerprint density at radius 3 is 2.50 bits per heavy atom. The molecule has 1 atom stereocenters. The van der Waals surface area contributed by atoms with Crippen LogP contribution >= 0.6 is 11.3 Å². The second-order valence-electron chi connectivity index (χ2n) is 5.79. The molecule has 4 nitrogen and oxygen atoms in total. The number of carbonyl (C=O) groups is 2. The van der Waals surface area contributed by atoms with Crippen LogP contribution in [0, 0.1) is 0 Å². The average molecular weight is 345 g/mol. The fraction of sp³-hybridized carbons (Fsp3) is 0.368. The minimum Gasteiger partial charge on any atom is -0.480 e. The van der Waals surface area contributed by atoms with Gasteiger partial charge in [-0.25, -0.2) is 4.79 Å². The quantitative estimate of drug-likeness (QED) is 0.646. The normalized spacial score (nSPS) is 11.8. The molecule has 0 radical (unpaired) electrons. The predicted octanol–water partition coefficient (Wildman–Crippen LogP) is 3.66. The number of hydrogen-bond donors (Lipinski definition) is 2. The largest absolute Gasteiger partial charge is 0.480 e. The SMILES string of the molecule is O=C(CCCCCc1cccs1)NC(Cc1ccccc1)C(=O)O. The van der Waals surface area contributed by atoms with Gasteiger partial charge >= 0.3 is 5.97 Å². The molecular weight excluding hydrogens is 322 g/mol. The van der Waals surface area contributed by atoms with E-state index in [0.717, 1.165) is 31.2 Å². The topological polar surface area (TPSA) is 66.4 Å². The molecule has 5 heteroatoms. The lowest BCUT2D eigenvalue weighted by Crippen LogP contribution is -2.42. The van der Waals surface area contributed by atoms with Crippen molar-refractivity contribution in [3.8, 4) is 0 Å². The smallest absolute Gasteiger partial charge is 0.326 e. The third kappa shape index (κ3) is 6.54. The molecule has 0 aliphatic rings. The van der Waals surface area contributed by atoms with Crippen LogP contribution in [0.5, 0.6) is 0 Å². The van der Waals surface area contributed by atoms with Gasteiger partial charge in [-0.2, -0.15) is 0 Å². The van der Waals surface area contributed by atoms with Crippen molar-refractivity contribution in [1.82, 2.24) is 5.32 Å². The molecule has 2 N–H and O–H groups in total. The van der Waals surface area contributed by atoms with Crippen molar-refractivity contribution in [2.24, 2.45) is 0 Å². The molecule has 1 aromatic carbocycles. The fourth-order valence-corrected chi connectivity index (χ4v) is 3.28. The molecule has 128 valence electrons. The zero-order valence-electron chi connectivity index (χ0n) is 13.6. The van der Waals surface area contributed by atoms with E-state index in [1.165, 1.54) is 4.88 Å². The molecule has 2 rings (SSSR count). The summed E-state index contributed by atoms with van der Waals surface area (Å²) in [6, 6.07) is 12.6. The molecule has 1 amide bonds. The first-order chi connectivity index (χ1) is 11.6. The third-order valence-electron chi connectivity index (χ3n) is 3.82. The Hall–Kier alpha value is -2.14. The molecule has 0 spiro atoms. The third-order valence-corrected chi connectivity index (χ3v) is 4.76.